The van der Waals surface area contributed by atoms with Gasteiger partial charge >= 0.3 is 0 Å². The van der Waals surface area contributed by atoms with Crippen molar-refractivity contribution in [2.24, 2.45) is 0 Å². The lowest BCUT2D eigenvalue weighted by molar-refractivity contribution is 0.102. The summed E-state index contributed by atoms with van der Waals surface area (Å²) >= 11 is 8.80. The summed E-state index contributed by atoms with van der Waals surface area (Å²) in [6.45, 7) is 0.613. The van der Waals surface area contributed by atoms with Crippen LogP contribution in [0.2, 0.25) is 5.02 Å². The van der Waals surface area contributed by atoms with Gasteiger partial charge in [-0.2, -0.15) is 0 Å². The van der Waals surface area contributed by atoms with Gasteiger partial charge in [0, 0.05) is 15.5 Å². The molecular formula is C14H11ClN4OS2. The lowest BCUT2D eigenvalue weighted by Gasteiger charge is -2.03. The number of thiophene rings is 1. The molecule has 3 rings (SSSR count). The van der Waals surface area contributed by atoms with Gasteiger partial charge in [-0.3, -0.25) is 4.79 Å². The van der Waals surface area contributed by atoms with Crippen LogP contribution in [0, 0.1) is 0 Å². The number of halogens is 1. The number of rotatable bonds is 6. The number of benzene rings is 1. The molecule has 0 N–H and O–H groups in total. The van der Waals surface area contributed by atoms with Gasteiger partial charge in [-0.25, -0.2) is 4.68 Å². The normalized spacial score (nSPS) is 10.8. The first kappa shape index (κ1) is 15.2. The number of ketones is 1. The fourth-order valence-electron chi connectivity index (χ4n) is 1.80. The van der Waals surface area contributed by atoms with Crippen molar-refractivity contribution in [3.63, 3.8) is 0 Å². The second kappa shape index (κ2) is 7.04. The van der Waals surface area contributed by atoms with E-state index in [1.807, 2.05) is 17.5 Å². The first-order chi connectivity index (χ1) is 10.7. The lowest BCUT2D eigenvalue weighted by Crippen LogP contribution is -2.06. The largest absolute Gasteiger partial charge is 0.293 e. The summed E-state index contributed by atoms with van der Waals surface area (Å²) in [5, 5.41) is 14.9. The van der Waals surface area contributed by atoms with Crippen molar-refractivity contribution >= 4 is 40.5 Å². The lowest BCUT2D eigenvalue weighted by atomic mass is 10.1. The quantitative estimate of drug-likeness (QED) is 0.503. The van der Waals surface area contributed by atoms with Crippen molar-refractivity contribution in [1.29, 1.82) is 0 Å². The molecule has 0 fully saturated rings. The molecule has 0 aliphatic carbocycles. The molecule has 0 aliphatic heterocycles. The predicted molar refractivity (Wildman–Crippen MR) is 87.7 cm³/mol. The number of Topliss-reactive ketones (excluding diaryl/α,β-unsaturated/α-hetero) is 1. The Morgan fingerprint density at radius 1 is 1.27 bits per heavy atom. The number of carbonyl (C=O) groups is 1. The molecule has 0 unspecified atom stereocenters. The van der Waals surface area contributed by atoms with Crippen LogP contribution in [-0.2, 0) is 6.54 Å². The Labute approximate surface area is 140 Å². The molecule has 8 heteroatoms. The molecule has 0 radical (unpaired) electrons. The van der Waals surface area contributed by atoms with Crippen LogP contribution in [0.5, 0.6) is 0 Å². The Bertz CT molecular complexity index is 756. The van der Waals surface area contributed by atoms with E-state index in [4.69, 9.17) is 11.6 Å². The molecule has 0 saturated heterocycles. The number of hydrogen-bond acceptors (Lipinski definition) is 6. The van der Waals surface area contributed by atoms with Crippen molar-refractivity contribution in [3.05, 3.63) is 57.2 Å². The molecule has 22 heavy (non-hydrogen) atoms. The van der Waals surface area contributed by atoms with Crippen LogP contribution in [0.25, 0.3) is 0 Å². The predicted octanol–water partition coefficient (Wildman–Crippen LogP) is 3.41. The third kappa shape index (κ3) is 3.73. The Morgan fingerprint density at radius 3 is 2.82 bits per heavy atom. The highest BCUT2D eigenvalue weighted by atomic mass is 35.5. The fourth-order valence-corrected chi connectivity index (χ4v) is 3.38. The van der Waals surface area contributed by atoms with Gasteiger partial charge in [0.25, 0.3) is 0 Å². The summed E-state index contributed by atoms with van der Waals surface area (Å²) in [6.07, 6.45) is 0. The maximum absolute atomic E-state index is 12.1. The van der Waals surface area contributed by atoms with E-state index in [1.165, 1.54) is 11.8 Å². The van der Waals surface area contributed by atoms with Crippen molar-refractivity contribution in [3.8, 4) is 0 Å². The Balaban J connectivity index is 1.63. The molecular weight excluding hydrogens is 340 g/mol. The van der Waals surface area contributed by atoms with E-state index in [9.17, 15) is 4.79 Å². The Morgan fingerprint density at radius 2 is 2.09 bits per heavy atom. The molecule has 2 heterocycles. The zero-order valence-corrected chi connectivity index (χ0v) is 13.7. The minimum atomic E-state index is 0.0207. The van der Waals surface area contributed by atoms with Crippen molar-refractivity contribution < 1.29 is 4.79 Å². The smallest absolute Gasteiger partial charge is 0.210 e. The van der Waals surface area contributed by atoms with Crippen LogP contribution >= 0.6 is 34.7 Å². The van der Waals surface area contributed by atoms with Crippen LogP contribution in [0.4, 0.5) is 0 Å². The molecule has 0 amide bonds. The topological polar surface area (TPSA) is 60.7 Å². The van der Waals surface area contributed by atoms with Gasteiger partial charge in [-0.1, -0.05) is 29.4 Å². The molecule has 0 aliphatic rings. The second-order valence-corrected chi connectivity index (χ2v) is 6.83. The van der Waals surface area contributed by atoms with Gasteiger partial charge in [-0.05, 0) is 46.1 Å². The number of thioether (sulfide) groups is 1. The summed E-state index contributed by atoms with van der Waals surface area (Å²) in [5.74, 6) is 0.305. The first-order valence-corrected chi connectivity index (χ1v) is 8.67. The van der Waals surface area contributed by atoms with Gasteiger partial charge in [0.1, 0.15) is 0 Å². The third-order valence-corrected chi connectivity index (χ3v) is 4.95. The summed E-state index contributed by atoms with van der Waals surface area (Å²) in [7, 11) is 0. The monoisotopic (exact) mass is 350 g/mol. The summed E-state index contributed by atoms with van der Waals surface area (Å²) in [5.41, 5.74) is 0.634. The SMILES string of the molecule is O=C(CSc1nnnn1Cc1cccs1)c1ccc(Cl)cc1. The average molecular weight is 351 g/mol. The molecule has 0 bridgehead atoms. The second-order valence-electron chi connectivity index (χ2n) is 4.42. The van der Waals surface area contributed by atoms with Gasteiger partial charge in [0.05, 0.1) is 12.3 Å². The number of carbonyl (C=O) groups excluding carboxylic acids is 1. The van der Waals surface area contributed by atoms with E-state index in [1.54, 1.807) is 40.3 Å². The highest BCUT2D eigenvalue weighted by Crippen LogP contribution is 2.19. The highest BCUT2D eigenvalue weighted by molar-refractivity contribution is 7.99. The van der Waals surface area contributed by atoms with E-state index >= 15 is 0 Å². The van der Waals surface area contributed by atoms with Crippen molar-refractivity contribution in [1.82, 2.24) is 20.2 Å². The molecule has 1 aromatic carbocycles. The summed E-state index contributed by atoms with van der Waals surface area (Å²) in [6, 6.07) is 10.9. The highest BCUT2D eigenvalue weighted by Gasteiger charge is 2.12. The summed E-state index contributed by atoms with van der Waals surface area (Å²) in [4.78, 5) is 13.3. The van der Waals surface area contributed by atoms with Gasteiger partial charge in [0.2, 0.25) is 5.16 Å². The zero-order valence-electron chi connectivity index (χ0n) is 11.3. The van der Waals surface area contributed by atoms with E-state index in [-0.39, 0.29) is 11.5 Å². The maximum atomic E-state index is 12.1. The molecule has 0 spiro atoms. The van der Waals surface area contributed by atoms with Crippen LogP contribution < -0.4 is 0 Å². The van der Waals surface area contributed by atoms with Gasteiger partial charge in [-0.15, -0.1) is 16.4 Å². The van der Waals surface area contributed by atoms with Crippen LogP contribution in [0.15, 0.2) is 46.9 Å². The van der Waals surface area contributed by atoms with Gasteiger partial charge in [0.15, 0.2) is 5.78 Å². The zero-order chi connectivity index (χ0) is 15.4. The Kier molecular flexibility index (Phi) is 4.87. The fraction of sp³-hybridized carbons (Fsp3) is 0.143. The van der Waals surface area contributed by atoms with Crippen LogP contribution in [0.1, 0.15) is 15.2 Å². The maximum Gasteiger partial charge on any atom is 0.210 e. The molecule has 0 saturated carbocycles. The Hall–Kier alpha value is -1.70. The van der Waals surface area contributed by atoms with Crippen LogP contribution in [0.3, 0.4) is 0 Å². The molecule has 2 aromatic heterocycles. The minimum Gasteiger partial charge on any atom is -0.293 e. The number of hydrogen-bond donors (Lipinski definition) is 0. The van der Waals surface area contributed by atoms with Gasteiger partial charge < -0.3 is 0 Å². The minimum absolute atomic E-state index is 0.0207. The molecule has 112 valence electrons. The standard InChI is InChI=1S/C14H11ClN4OS2/c15-11-5-3-10(4-6-11)13(20)9-22-14-16-17-18-19(14)8-12-2-1-7-21-12/h1-7H,8-9H2. The number of tetrazole rings is 1. The molecule has 3 aromatic rings. The number of nitrogens with zero attached hydrogens (tertiary/aromatic N) is 4. The number of aromatic nitrogens is 4. The summed E-state index contributed by atoms with van der Waals surface area (Å²) < 4.78 is 1.70. The van der Waals surface area contributed by atoms with Crippen LogP contribution in [-0.4, -0.2) is 31.7 Å². The molecule has 5 nitrogen and oxygen atoms in total. The average Bonchev–Trinajstić information content (AvgIpc) is 3.18. The first-order valence-electron chi connectivity index (χ1n) is 6.42. The van der Waals surface area contributed by atoms with Crippen molar-refractivity contribution in [2.45, 2.75) is 11.7 Å². The molecule has 0 atom stereocenters. The van der Waals surface area contributed by atoms with E-state index in [0.717, 1.165) is 4.88 Å². The third-order valence-electron chi connectivity index (χ3n) is 2.88. The van der Waals surface area contributed by atoms with E-state index < -0.39 is 0 Å². The van der Waals surface area contributed by atoms with E-state index in [0.29, 0.717) is 22.3 Å². The van der Waals surface area contributed by atoms with Crippen molar-refractivity contribution in [2.75, 3.05) is 5.75 Å². The van der Waals surface area contributed by atoms with E-state index in [2.05, 4.69) is 15.5 Å².